The fourth-order valence-electron chi connectivity index (χ4n) is 1.90. The van der Waals surface area contributed by atoms with Crippen LogP contribution < -0.4 is 0 Å². The second kappa shape index (κ2) is 5.94. The number of rotatable bonds is 5. The lowest BCUT2D eigenvalue weighted by molar-refractivity contribution is -0.119. The zero-order chi connectivity index (χ0) is 11.3. The predicted molar refractivity (Wildman–Crippen MR) is 61.6 cm³/mol. The molecule has 1 atom stereocenters. The van der Waals surface area contributed by atoms with Gasteiger partial charge in [-0.3, -0.25) is 4.79 Å². The van der Waals surface area contributed by atoms with E-state index in [9.17, 15) is 4.79 Å². The van der Waals surface area contributed by atoms with Crippen LogP contribution in [0.5, 0.6) is 0 Å². The molecule has 15 heavy (non-hydrogen) atoms. The third kappa shape index (κ3) is 3.69. The highest BCUT2D eigenvalue weighted by Gasteiger charge is 2.23. The van der Waals surface area contributed by atoms with Crippen molar-refractivity contribution >= 4 is 5.78 Å². The molecule has 0 spiro atoms. The van der Waals surface area contributed by atoms with Gasteiger partial charge < -0.3 is 4.74 Å². The van der Waals surface area contributed by atoms with Crippen molar-refractivity contribution < 1.29 is 9.53 Å². The number of Topliss-reactive ketones (excluding diaryl/α,β-unsaturated/α-hetero) is 1. The van der Waals surface area contributed by atoms with Gasteiger partial charge in [0.2, 0.25) is 0 Å². The number of hydrogen-bond acceptors (Lipinski definition) is 2. The van der Waals surface area contributed by atoms with Crippen LogP contribution in [0.25, 0.3) is 0 Å². The summed E-state index contributed by atoms with van der Waals surface area (Å²) in [4.78, 5) is 11.6. The molecule has 2 nitrogen and oxygen atoms in total. The van der Waals surface area contributed by atoms with Crippen LogP contribution in [-0.4, -0.2) is 11.9 Å². The third-order valence-corrected chi connectivity index (χ3v) is 3.08. The molecule has 0 fully saturated rings. The Hall–Kier alpha value is -0.790. The number of ketones is 1. The van der Waals surface area contributed by atoms with Gasteiger partial charge in [0.1, 0.15) is 6.10 Å². The average molecular weight is 210 g/mol. The van der Waals surface area contributed by atoms with Crippen LogP contribution in [0, 0.1) is 0 Å². The van der Waals surface area contributed by atoms with Gasteiger partial charge in [-0.1, -0.05) is 26.2 Å². The summed E-state index contributed by atoms with van der Waals surface area (Å²) in [5, 5.41) is 0. The van der Waals surface area contributed by atoms with Gasteiger partial charge in [-0.2, -0.15) is 0 Å². The van der Waals surface area contributed by atoms with E-state index in [0.29, 0.717) is 6.42 Å². The van der Waals surface area contributed by atoms with E-state index in [1.54, 1.807) is 0 Å². The standard InChI is InChI=1S/C13H22O2/c1-4-5-6-7-8-12-9-13(14)10(2)11(3)15-12/h12H,4-9H2,1-3H3. The summed E-state index contributed by atoms with van der Waals surface area (Å²) in [6.45, 7) is 5.95. The fourth-order valence-corrected chi connectivity index (χ4v) is 1.90. The van der Waals surface area contributed by atoms with Crippen LogP contribution in [0.1, 0.15) is 59.3 Å². The van der Waals surface area contributed by atoms with E-state index in [2.05, 4.69) is 6.92 Å². The maximum atomic E-state index is 11.6. The van der Waals surface area contributed by atoms with Crippen LogP contribution in [-0.2, 0) is 9.53 Å². The van der Waals surface area contributed by atoms with E-state index in [0.717, 1.165) is 17.8 Å². The number of carbonyl (C=O) groups excluding carboxylic acids is 1. The Morgan fingerprint density at radius 2 is 2.00 bits per heavy atom. The summed E-state index contributed by atoms with van der Waals surface area (Å²) in [6.07, 6.45) is 6.71. The molecule has 0 saturated heterocycles. The Morgan fingerprint density at radius 1 is 1.27 bits per heavy atom. The first kappa shape index (κ1) is 12.3. The predicted octanol–water partition coefficient (Wildman–Crippen LogP) is 3.61. The Morgan fingerprint density at radius 3 is 2.60 bits per heavy atom. The van der Waals surface area contributed by atoms with Crippen molar-refractivity contribution in [3.63, 3.8) is 0 Å². The van der Waals surface area contributed by atoms with Gasteiger partial charge in [0, 0.05) is 12.0 Å². The summed E-state index contributed by atoms with van der Waals surface area (Å²) in [7, 11) is 0. The summed E-state index contributed by atoms with van der Waals surface area (Å²) >= 11 is 0. The van der Waals surface area contributed by atoms with Crippen LogP contribution in [0.3, 0.4) is 0 Å². The fraction of sp³-hybridized carbons (Fsp3) is 0.769. The second-order valence-electron chi connectivity index (χ2n) is 4.40. The molecule has 0 aromatic heterocycles. The topological polar surface area (TPSA) is 26.3 Å². The van der Waals surface area contributed by atoms with Crippen LogP contribution in [0.2, 0.25) is 0 Å². The van der Waals surface area contributed by atoms with Gasteiger partial charge in [0.25, 0.3) is 0 Å². The first-order chi connectivity index (χ1) is 7.15. The molecule has 1 aliphatic rings. The smallest absolute Gasteiger partial charge is 0.165 e. The van der Waals surface area contributed by atoms with Gasteiger partial charge >= 0.3 is 0 Å². The molecule has 0 aliphatic carbocycles. The Balaban J connectivity index is 2.31. The third-order valence-electron chi connectivity index (χ3n) is 3.08. The zero-order valence-electron chi connectivity index (χ0n) is 10.1. The molecule has 1 aliphatic heterocycles. The second-order valence-corrected chi connectivity index (χ2v) is 4.40. The van der Waals surface area contributed by atoms with E-state index in [1.165, 1.54) is 25.7 Å². The number of allylic oxidation sites excluding steroid dienone is 2. The average Bonchev–Trinajstić information content (AvgIpc) is 2.21. The Labute approximate surface area is 92.7 Å². The minimum Gasteiger partial charge on any atom is -0.494 e. The Kier molecular flexibility index (Phi) is 4.86. The van der Waals surface area contributed by atoms with Gasteiger partial charge in [-0.25, -0.2) is 0 Å². The summed E-state index contributed by atoms with van der Waals surface area (Å²) in [5.41, 5.74) is 0.805. The molecule has 0 aromatic rings. The first-order valence-electron chi connectivity index (χ1n) is 6.02. The maximum Gasteiger partial charge on any atom is 0.165 e. The van der Waals surface area contributed by atoms with Gasteiger partial charge in [0.15, 0.2) is 5.78 Å². The molecule has 1 rings (SSSR count). The zero-order valence-corrected chi connectivity index (χ0v) is 10.1. The lowest BCUT2D eigenvalue weighted by Crippen LogP contribution is -2.24. The van der Waals surface area contributed by atoms with Crippen LogP contribution >= 0.6 is 0 Å². The molecular formula is C13H22O2. The van der Waals surface area contributed by atoms with E-state index in [4.69, 9.17) is 4.74 Å². The highest BCUT2D eigenvalue weighted by atomic mass is 16.5. The van der Waals surface area contributed by atoms with E-state index < -0.39 is 0 Å². The largest absolute Gasteiger partial charge is 0.494 e. The highest BCUT2D eigenvalue weighted by Crippen LogP contribution is 2.23. The van der Waals surface area contributed by atoms with Crippen molar-refractivity contribution in [1.82, 2.24) is 0 Å². The monoisotopic (exact) mass is 210 g/mol. The summed E-state index contributed by atoms with van der Waals surface area (Å²) in [5.74, 6) is 1.09. The molecule has 0 N–H and O–H groups in total. The molecule has 86 valence electrons. The normalized spacial score (nSPS) is 21.8. The van der Waals surface area contributed by atoms with Crippen molar-refractivity contribution in [3.8, 4) is 0 Å². The van der Waals surface area contributed by atoms with Crippen molar-refractivity contribution in [2.75, 3.05) is 0 Å². The Bertz CT molecular complexity index is 253. The molecule has 0 saturated carbocycles. The van der Waals surface area contributed by atoms with Gasteiger partial charge in [-0.05, 0) is 26.7 Å². The SMILES string of the molecule is CCCCCCC1CC(=O)C(C)=C(C)O1. The van der Waals surface area contributed by atoms with Crippen molar-refractivity contribution in [2.24, 2.45) is 0 Å². The van der Waals surface area contributed by atoms with Crippen molar-refractivity contribution in [3.05, 3.63) is 11.3 Å². The summed E-state index contributed by atoms with van der Waals surface area (Å²) < 4.78 is 5.71. The molecule has 1 unspecified atom stereocenters. The molecule has 0 aromatic carbocycles. The van der Waals surface area contributed by atoms with Crippen molar-refractivity contribution in [1.29, 1.82) is 0 Å². The summed E-state index contributed by atoms with van der Waals surface area (Å²) in [6, 6.07) is 0. The van der Waals surface area contributed by atoms with E-state index >= 15 is 0 Å². The first-order valence-corrected chi connectivity index (χ1v) is 6.02. The minimum atomic E-state index is 0.137. The number of hydrogen-bond donors (Lipinski definition) is 0. The lowest BCUT2D eigenvalue weighted by atomic mass is 9.98. The molecule has 0 bridgehead atoms. The van der Waals surface area contributed by atoms with E-state index in [-0.39, 0.29) is 11.9 Å². The highest BCUT2D eigenvalue weighted by molar-refractivity contribution is 5.96. The maximum absolute atomic E-state index is 11.6. The number of carbonyl (C=O) groups is 1. The number of unbranched alkanes of at least 4 members (excludes halogenated alkanes) is 3. The lowest BCUT2D eigenvalue weighted by Gasteiger charge is -2.24. The minimum absolute atomic E-state index is 0.137. The van der Waals surface area contributed by atoms with Gasteiger partial charge in [-0.15, -0.1) is 0 Å². The quantitative estimate of drug-likeness (QED) is 0.648. The molecule has 0 radical (unpaired) electrons. The molecular weight excluding hydrogens is 188 g/mol. The van der Waals surface area contributed by atoms with Crippen LogP contribution in [0.4, 0.5) is 0 Å². The van der Waals surface area contributed by atoms with E-state index in [1.807, 2.05) is 13.8 Å². The molecule has 0 amide bonds. The molecule has 2 heteroatoms. The number of ether oxygens (including phenoxy) is 1. The van der Waals surface area contributed by atoms with Crippen LogP contribution in [0.15, 0.2) is 11.3 Å². The van der Waals surface area contributed by atoms with Crippen molar-refractivity contribution in [2.45, 2.75) is 65.4 Å². The molecule has 1 heterocycles. The van der Waals surface area contributed by atoms with Gasteiger partial charge in [0.05, 0.1) is 5.76 Å².